The minimum atomic E-state index is -0.443. The molecule has 2 aromatic rings. The summed E-state index contributed by atoms with van der Waals surface area (Å²) < 4.78 is 25.1. The molecule has 0 aliphatic carbocycles. The highest BCUT2D eigenvalue weighted by Gasteiger charge is 2.51. The Balaban J connectivity index is 1.98. The fraction of sp³-hybridized carbons (Fsp3) is 0.400. The second-order valence-electron chi connectivity index (χ2n) is 6.19. The molecule has 0 N–H and O–H groups in total. The van der Waals surface area contributed by atoms with Gasteiger partial charge in [-0.3, -0.25) is 4.98 Å². The van der Waals surface area contributed by atoms with Crippen LogP contribution in [0.4, 0.5) is 4.39 Å². The summed E-state index contributed by atoms with van der Waals surface area (Å²) in [5.41, 5.74) is 0.721. The Morgan fingerprint density at radius 2 is 1.70 bits per heavy atom. The smallest absolute Gasteiger partial charge is 0.399 e. The molecular formula is C15H17BFNO2. The predicted octanol–water partition coefficient (Wildman–Crippen LogP) is 2.67. The van der Waals surface area contributed by atoms with Crippen molar-refractivity contribution in [3.8, 4) is 0 Å². The van der Waals surface area contributed by atoms with Gasteiger partial charge in [0.05, 0.1) is 16.7 Å². The third-order valence-corrected chi connectivity index (χ3v) is 4.19. The molecule has 1 aromatic carbocycles. The summed E-state index contributed by atoms with van der Waals surface area (Å²) in [5, 5.41) is 0.874. The van der Waals surface area contributed by atoms with E-state index in [4.69, 9.17) is 9.31 Å². The highest BCUT2D eigenvalue weighted by Crippen LogP contribution is 2.36. The van der Waals surface area contributed by atoms with Crippen LogP contribution in [0.25, 0.3) is 10.9 Å². The van der Waals surface area contributed by atoms with Crippen molar-refractivity contribution < 1.29 is 13.7 Å². The Kier molecular flexibility index (Phi) is 2.89. The van der Waals surface area contributed by atoms with E-state index in [9.17, 15) is 4.39 Å². The Hall–Kier alpha value is -1.46. The summed E-state index contributed by atoms with van der Waals surface area (Å²) in [6.45, 7) is 8.04. The summed E-state index contributed by atoms with van der Waals surface area (Å²) in [7, 11) is -0.443. The average molecular weight is 273 g/mol. The zero-order valence-electron chi connectivity index (χ0n) is 12.1. The fourth-order valence-corrected chi connectivity index (χ4v) is 2.22. The molecule has 0 spiro atoms. The van der Waals surface area contributed by atoms with E-state index >= 15 is 0 Å². The zero-order chi connectivity index (χ0) is 14.5. The molecule has 1 saturated heterocycles. The average Bonchev–Trinajstić information content (AvgIpc) is 2.58. The van der Waals surface area contributed by atoms with Crippen molar-refractivity contribution in [3.63, 3.8) is 0 Å². The van der Waals surface area contributed by atoms with E-state index in [1.54, 1.807) is 12.3 Å². The molecule has 104 valence electrons. The van der Waals surface area contributed by atoms with E-state index in [1.165, 1.54) is 12.1 Å². The monoisotopic (exact) mass is 273 g/mol. The third kappa shape index (κ3) is 2.11. The van der Waals surface area contributed by atoms with Gasteiger partial charge in [-0.15, -0.1) is 0 Å². The van der Waals surface area contributed by atoms with Crippen LogP contribution in [0.3, 0.4) is 0 Å². The lowest BCUT2D eigenvalue weighted by Crippen LogP contribution is -2.41. The van der Waals surface area contributed by atoms with Crippen molar-refractivity contribution in [2.75, 3.05) is 0 Å². The SMILES string of the molecule is CC1(C)OB(c2cnc3cc(F)ccc3c2)OC1(C)C. The van der Waals surface area contributed by atoms with Gasteiger partial charge in [0.15, 0.2) is 0 Å². The maximum absolute atomic E-state index is 13.2. The molecule has 0 saturated carbocycles. The first-order valence-electron chi connectivity index (χ1n) is 6.69. The third-order valence-electron chi connectivity index (χ3n) is 4.19. The van der Waals surface area contributed by atoms with Crippen LogP contribution in [-0.2, 0) is 9.31 Å². The summed E-state index contributed by atoms with van der Waals surface area (Å²) in [4.78, 5) is 4.28. The van der Waals surface area contributed by atoms with Gasteiger partial charge in [0.25, 0.3) is 0 Å². The first-order chi connectivity index (χ1) is 9.28. The maximum Gasteiger partial charge on any atom is 0.496 e. The van der Waals surface area contributed by atoms with Crippen LogP contribution in [0.5, 0.6) is 0 Å². The normalized spacial score (nSPS) is 20.6. The molecule has 0 atom stereocenters. The molecule has 20 heavy (non-hydrogen) atoms. The second-order valence-corrected chi connectivity index (χ2v) is 6.19. The van der Waals surface area contributed by atoms with E-state index in [1.807, 2.05) is 33.8 Å². The number of pyridine rings is 1. The Bertz CT molecular complexity index is 656. The van der Waals surface area contributed by atoms with Crippen molar-refractivity contribution in [1.29, 1.82) is 0 Å². The van der Waals surface area contributed by atoms with Gasteiger partial charge in [0, 0.05) is 23.1 Å². The van der Waals surface area contributed by atoms with Crippen molar-refractivity contribution in [2.24, 2.45) is 0 Å². The number of hydrogen-bond donors (Lipinski definition) is 0. The molecule has 0 bridgehead atoms. The van der Waals surface area contributed by atoms with Gasteiger partial charge in [-0.1, -0.05) is 6.07 Å². The van der Waals surface area contributed by atoms with Crippen LogP contribution in [0.2, 0.25) is 0 Å². The van der Waals surface area contributed by atoms with Gasteiger partial charge in [-0.05, 0) is 39.8 Å². The first kappa shape index (κ1) is 13.5. The van der Waals surface area contributed by atoms with Crippen LogP contribution in [-0.4, -0.2) is 23.3 Å². The lowest BCUT2D eigenvalue weighted by molar-refractivity contribution is 0.00578. The van der Waals surface area contributed by atoms with Gasteiger partial charge in [0.2, 0.25) is 0 Å². The Labute approximate surface area is 118 Å². The molecule has 0 radical (unpaired) electrons. The Morgan fingerprint density at radius 1 is 1.05 bits per heavy atom. The van der Waals surface area contributed by atoms with Crippen molar-refractivity contribution >= 4 is 23.5 Å². The highest BCUT2D eigenvalue weighted by atomic mass is 19.1. The molecule has 1 aliphatic heterocycles. The summed E-state index contributed by atoms with van der Waals surface area (Å²) in [5.74, 6) is -0.284. The molecule has 0 unspecified atom stereocenters. The maximum atomic E-state index is 13.2. The lowest BCUT2D eigenvalue weighted by atomic mass is 9.80. The second kappa shape index (κ2) is 4.27. The number of benzene rings is 1. The molecule has 0 amide bonds. The standard InChI is InChI=1S/C15H17BFNO2/c1-14(2)15(3,4)20-16(19-14)11-7-10-5-6-12(17)8-13(10)18-9-11/h5-9H,1-4H3. The molecule has 1 aliphatic rings. The van der Waals surface area contributed by atoms with Crippen LogP contribution < -0.4 is 5.46 Å². The number of nitrogens with zero attached hydrogens (tertiary/aromatic N) is 1. The molecule has 5 heteroatoms. The van der Waals surface area contributed by atoms with E-state index in [0.717, 1.165) is 10.8 Å². The van der Waals surface area contributed by atoms with Gasteiger partial charge in [0.1, 0.15) is 5.82 Å². The molecular weight excluding hydrogens is 256 g/mol. The minimum Gasteiger partial charge on any atom is -0.399 e. The number of hydrogen-bond acceptors (Lipinski definition) is 3. The van der Waals surface area contributed by atoms with E-state index in [-0.39, 0.29) is 17.0 Å². The topological polar surface area (TPSA) is 31.4 Å². The summed E-state index contributed by atoms with van der Waals surface area (Å²) in [6.07, 6.45) is 1.68. The molecule has 2 heterocycles. The molecule has 3 nitrogen and oxygen atoms in total. The van der Waals surface area contributed by atoms with Crippen molar-refractivity contribution in [2.45, 2.75) is 38.9 Å². The fourth-order valence-electron chi connectivity index (χ4n) is 2.22. The number of fused-ring (bicyclic) bond motifs is 1. The van der Waals surface area contributed by atoms with Crippen LogP contribution in [0.1, 0.15) is 27.7 Å². The number of halogens is 1. The number of aromatic nitrogens is 1. The largest absolute Gasteiger partial charge is 0.496 e. The van der Waals surface area contributed by atoms with Crippen molar-refractivity contribution in [1.82, 2.24) is 4.98 Å². The van der Waals surface area contributed by atoms with E-state index < -0.39 is 7.12 Å². The predicted molar refractivity (Wildman–Crippen MR) is 77.4 cm³/mol. The number of rotatable bonds is 1. The van der Waals surface area contributed by atoms with Crippen LogP contribution >= 0.6 is 0 Å². The van der Waals surface area contributed by atoms with Gasteiger partial charge >= 0.3 is 7.12 Å². The quantitative estimate of drug-likeness (QED) is 0.748. The zero-order valence-corrected chi connectivity index (χ0v) is 12.1. The Morgan fingerprint density at radius 3 is 2.35 bits per heavy atom. The van der Waals surface area contributed by atoms with E-state index in [2.05, 4.69) is 4.98 Å². The first-order valence-corrected chi connectivity index (χ1v) is 6.69. The summed E-state index contributed by atoms with van der Waals surface area (Å²) in [6, 6.07) is 6.50. The molecule has 1 fully saturated rings. The van der Waals surface area contributed by atoms with Crippen LogP contribution in [0, 0.1) is 5.82 Å². The van der Waals surface area contributed by atoms with E-state index in [0.29, 0.717) is 5.52 Å². The lowest BCUT2D eigenvalue weighted by Gasteiger charge is -2.32. The van der Waals surface area contributed by atoms with Gasteiger partial charge < -0.3 is 9.31 Å². The van der Waals surface area contributed by atoms with Gasteiger partial charge in [-0.25, -0.2) is 4.39 Å². The minimum absolute atomic E-state index is 0.284. The van der Waals surface area contributed by atoms with Crippen molar-refractivity contribution in [3.05, 3.63) is 36.3 Å². The molecule has 3 rings (SSSR count). The highest BCUT2D eigenvalue weighted by molar-refractivity contribution is 6.62. The summed E-state index contributed by atoms with van der Waals surface area (Å²) >= 11 is 0. The van der Waals surface area contributed by atoms with Crippen LogP contribution in [0.15, 0.2) is 30.5 Å². The van der Waals surface area contributed by atoms with Gasteiger partial charge in [-0.2, -0.15) is 0 Å². The molecule has 1 aromatic heterocycles.